The lowest BCUT2D eigenvalue weighted by Gasteiger charge is -2.26. The van der Waals surface area contributed by atoms with Gasteiger partial charge < -0.3 is 5.11 Å². The highest BCUT2D eigenvalue weighted by Crippen LogP contribution is 2.50. The van der Waals surface area contributed by atoms with Crippen LogP contribution in [0.2, 0.25) is 20.1 Å². The molecular weight excluding hydrogens is 492 g/mol. The van der Waals surface area contributed by atoms with Crippen molar-refractivity contribution in [1.29, 1.82) is 0 Å². The second-order valence-electron chi connectivity index (χ2n) is 6.21. The Morgan fingerprint density at radius 1 is 0.833 bits per heavy atom. The molecular formula is C20H13Cl4NO4S. The van der Waals surface area contributed by atoms with Gasteiger partial charge in [0.1, 0.15) is 15.7 Å². The summed E-state index contributed by atoms with van der Waals surface area (Å²) in [5.74, 6) is -1.56. The number of anilines is 1. The van der Waals surface area contributed by atoms with Gasteiger partial charge >= 0.3 is 0 Å². The molecule has 0 aromatic heterocycles. The van der Waals surface area contributed by atoms with Crippen LogP contribution in [0, 0.1) is 6.92 Å². The van der Waals surface area contributed by atoms with E-state index in [1.54, 1.807) is 18.2 Å². The zero-order valence-electron chi connectivity index (χ0n) is 15.2. The Labute approximate surface area is 193 Å². The molecule has 0 fully saturated rings. The highest BCUT2D eigenvalue weighted by atomic mass is 35.5. The zero-order valence-corrected chi connectivity index (χ0v) is 19.1. The molecule has 0 aliphatic carbocycles. The van der Waals surface area contributed by atoms with Crippen molar-refractivity contribution in [2.24, 2.45) is 0 Å². The van der Waals surface area contributed by atoms with Crippen molar-refractivity contribution >= 4 is 68.0 Å². The van der Waals surface area contributed by atoms with E-state index in [2.05, 4.69) is 0 Å². The molecule has 0 unspecified atom stereocenters. The minimum absolute atomic E-state index is 0.0626. The maximum absolute atomic E-state index is 13.5. The van der Waals surface area contributed by atoms with Gasteiger partial charge in [0, 0.05) is 5.56 Å². The number of benzene rings is 3. The van der Waals surface area contributed by atoms with Gasteiger partial charge in [0.25, 0.3) is 15.9 Å². The number of hydrogen-bond acceptors (Lipinski definition) is 4. The van der Waals surface area contributed by atoms with Crippen LogP contribution in [0.3, 0.4) is 0 Å². The number of hydrogen-bond donors (Lipinski definition) is 1. The maximum Gasteiger partial charge on any atom is 0.272 e. The molecule has 156 valence electrons. The van der Waals surface area contributed by atoms with E-state index in [4.69, 9.17) is 46.4 Å². The molecule has 0 spiro atoms. The van der Waals surface area contributed by atoms with E-state index in [0.717, 1.165) is 5.56 Å². The first kappa shape index (κ1) is 22.7. The molecule has 1 N–H and O–H groups in total. The topological polar surface area (TPSA) is 74.7 Å². The molecule has 0 bridgehead atoms. The third kappa shape index (κ3) is 3.98. The first-order valence-electron chi connectivity index (χ1n) is 8.33. The maximum atomic E-state index is 13.5. The Balaban J connectivity index is 2.35. The lowest BCUT2D eigenvalue weighted by Crippen LogP contribution is -2.37. The first-order chi connectivity index (χ1) is 14.1. The van der Waals surface area contributed by atoms with E-state index in [0.29, 0.717) is 4.31 Å². The molecule has 0 saturated carbocycles. The quantitative estimate of drug-likeness (QED) is 0.420. The summed E-state index contributed by atoms with van der Waals surface area (Å²) >= 11 is 24.5. The fourth-order valence-corrected chi connectivity index (χ4v) is 5.19. The average Bonchev–Trinajstić information content (AvgIpc) is 2.74. The van der Waals surface area contributed by atoms with Crippen molar-refractivity contribution in [3.8, 4) is 5.75 Å². The van der Waals surface area contributed by atoms with Crippen molar-refractivity contribution < 1.29 is 18.3 Å². The number of phenolic OH excluding ortho intramolecular Hbond substituents is 1. The molecule has 3 rings (SSSR count). The summed E-state index contributed by atoms with van der Waals surface area (Å²) in [6, 6.07) is 13.5. The number of nitrogens with zero attached hydrogens (tertiary/aromatic N) is 1. The monoisotopic (exact) mass is 503 g/mol. The third-order valence-corrected chi connectivity index (χ3v) is 7.55. The van der Waals surface area contributed by atoms with Gasteiger partial charge in [0.05, 0.1) is 14.9 Å². The molecule has 5 nitrogen and oxygen atoms in total. The van der Waals surface area contributed by atoms with E-state index in [1.807, 2.05) is 6.92 Å². The van der Waals surface area contributed by atoms with E-state index in [1.165, 1.54) is 36.4 Å². The van der Waals surface area contributed by atoms with E-state index in [-0.39, 0.29) is 10.5 Å². The van der Waals surface area contributed by atoms with Crippen molar-refractivity contribution in [2.45, 2.75) is 11.8 Å². The van der Waals surface area contributed by atoms with E-state index in [9.17, 15) is 18.3 Å². The Hall–Kier alpha value is -1.96. The van der Waals surface area contributed by atoms with Gasteiger partial charge in [0.15, 0.2) is 5.75 Å². The molecule has 0 radical (unpaired) electrons. The SMILES string of the molecule is Cc1ccc(C(=O)N(c2c(Cl)c(Cl)c(O)c(Cl)c2Cl)S(=O)(=O)c2ccccc2)cc1. The minimum atomic E-state index is -4.49. The molecule has 0 aliphatic rings. The normalized spacial score (nSPS) is 11.4. The summed E-state index contributed by atoms with van der Waals surface area (Å²) in [6.07, 6.45) is 0. The predicted molar refractivity (Wildman–Crippen MR) is 120 cm³/mol. The highest BCUT2D eigenvalue weighted by molar-refractivity contribution is 7.93. The van der Waals surface area contributed by atoms with Gasteiger partial charge in [0.2, 0.25) is 0 Å². The van der Waals surface area contributed by atoms with Crippen molar-refractivity contribution in [1.82, 2.24) is 0 Å². The second kappa shape index (κ2) is 8.65. The lowest BCUT2D eigenvalue weighted by molar-refractivity contribution is 0.101. The van der Waals surface area contributed by atoms with E-state index >= 15 is 0 Å². The fourth-order valence-electron chi connectivity index (χ4n) is 2.63. The molecule has 3 aromatic carbocycles. The summed E-state index contributed by atoms with van der Waals surface area (Å²) in [7, 11) is -4.49. The Morgan fingerprint density at radius 3 is 1.83 bits per heavy atom. The Bertz CT molecular complexity index is 1200. The molecule has 0 heterocycles. The first-order valence-corrected chi connectivity index (χ1v) is 11.3. The van der Waals surface area contributed by atoms with Crippen LogP contribution >= 0.6 is 46.4 Å². The molecule has 0 aliphatic heterocycles. The predicted octanol–water partition coefficient (Wildman–Crippen LogP) is 6.35. The number of sulfonamides is 1. The smallest absolute Gasteiger partial charge is 0.272 e. The standard InChI is InChI=1S/C20H13Cl4NO4S/c1-11-7-9-12(10-8-11)20(27)25(30(28,29)13-5-3-2-4-6-13)18-14(21)16(23)19(26)17(24)15(18)22/h2-10,26H,1H3. The van der Waals surface area contributed by atoms with Crippen molar-refractivity contribution in [3.05, 3.63) is 85.8 Å². The number of amides is 1. The lowest BCUT2D eigenvalue weighted by atomic mass is 10.1. The number of halogens is 4. The van der Waals surface area contributed by atoms with Gasteiger partial charge in [-0.15, -0.1) is 0 Å². The third-order valence-electron chi connectivity index (χ3n) is 4.18. The second-order valence-corrected chi connectivity index (χ2v) is 9.51. The van der Waals surface area contributed by atoms with Crippen LogP contribution in [-0.4, -0.2) is 19.4 Å². The van der Waals surface area contributed by atoms with Crippen LogP contribution in [0.4, 0.5) is 5.69 Å². The van der Waals surface area contributed by atoms with Crippen molar-refractivity contribution in [2.75, 3.05) is 4.31 Å². The van der Waals surface area contributed by atoms with Crippen LogP contribution in [0.5, 0.6) is 5.75 Å². The Morgan fingerprint density at radius 2 is 1.33 bits per heavy atom. The molecule has 30 heavy (non-hydrogen) atoms. The summed E-state index contributed by atoms with van der Waals surface area (Å²) < 4.78 is 27.4. The number of phenols is 1. The summed E-state index contributed by atoms with van der Waals surface area (Å²) in [4.78, 5) is 13.2. The molecule has 1 amide bonds. The molecule has 0 atom stereocenters. The summed E-state index contributed by atoms with van der Waals surface area (Å²) in [5, 5.41) is 8.23. The van der Waals surface area contributed by atoms with Crippen LogP contribution in [0.1, 0.15) is 15.9 Å². The van der Waals surface area contributed by atoms with E-state index < -0.39 is 47.5 Å². The highest BCUT2D eigenvalue weighted by Gasteiger charge is 2.37. The van der Waals surface area contributed by atoms with Gasteiger partial charge in [-0.05, 0) is 31.2 Å². The van der Waals surface area contributed by atoms with Crippen LogP contribution in [-0.2, 0) is 10.0 Å². The summed E-state index contributed by atoms with van der Waals surface area (Å²) in [6.45, 7) is 1.82. The largest absolute Gasteiger partial charge is 0.505 e. The van der Waals surface area contributed by atoms with Gasteiger partial charge in [-0.3, -0.25) is 4.79 Å². The Kier molecular flexibility index (Phi) is 6.55. The minimum Gasteiger partial charge on any atom is -0.505 e. The van der Waals surface area contributed by atoms with Gasteiger partial charge in [-0.2, -0.15) is 4.31 Å². The molecule has 0 saturated heterocycles. The van der Waals surface area contributed by atoms with Gasteiger partial charge in [-0.1, -0.05) is 82.3 Å². The van der Waals surface area contributed by atoms with Crippen LogP contribution in [0.25, 0.3) is 0 Å². The fraction of sp³-hybridized carbons (Fsp3) is 0.0500. The number of carbonyl (C=O) groups excluding carboxylic acids is 1. The van der Waals surface area contributed by atoms with Crippen LogP contribution in [0.15, 0.2) is 59.5 Å². The number of rotatable bonds is 4. The van der Waals surface area contributed by atoms with Crippen molar-refractivity contribution in [3.63, 3.8) is 0 Å². The zero-order chi connectivity index (χ0) is 22.2. The number of aromatic hydroxyl groups is 1. The van der Waals surface area contributed by atoms with Gasteiger partial charge in [-0.25, -0.2) is 8.42 Å². The number of carbonyl (C=O) groups is 1. The number of aryl methyl sites for hydroxylation is 1. The molecule has 10 heteroatoms. The molecule has 3 aromatic rings. The van der Waals surface area contributed by atoms with Crippen LogP contribution < -0.4 is 4.31 Å². The average molecular weight is 505 g/mol. The summed E-state index contributed by atoms with van der Waals surface area (Å²) in [5.41, 5.74) is 0.476.